The molecule has 0 saturated heterocycles. The van der Waals surface area contributed by atoms with Gasteiger partial charge in [-0.2, -0.15) is 5.10 Å². The molecule has 0 spiro atoms. The first-order chi connectivity index (χ1) is 9.40. The molecule has 0 aliphatic rings. The number of nitrogens with one attached hydrogen (secondary N) is 1. The van der Waals surface area contributed by atoms with Crippen molar-refractivity contribution < 1.29 is 14.7 Å². The quantitative estimate of drug-likeness (QED) is 0.763. The molecule has 2 N–H and O–H groups in total. The lowest BCUT2D eigenvalue weighted by Gasteiger charge is -2.26. The van der Waals surface area contributed by atoms with Crippen LogP contribution in [0.1, 0.15) is 32.5 Å². The molecule has 0 aliphatic carbocycles. The second kappa shape index (κ2) is 7.46. The van der Waals surface area contributed by atoms with Crippen LogP contribution in [0.25, 0.3) is 0 Å². The molecule has 20 heavy (non-hydrogen) atoms. The number of carboxylic acid groups (broad SMARTS) is 1. The van der Waals surface area contributed by atoms with Crippen molar-refractivity contribution in [1.29, 1.82) is 0 Å². The van der Waals surface area contributed by atoms with E-state index in [9.17, 15) is 9.59 Å². The number of rotatable bonds is 7. The van der Waals surface area contributed by atoms with E-state index < -0.39 is 5.97 Å². The Morgan fingerprint density at radius 2 is 2.20 bits per heavy atom. The predicted octanol–water partition coefficient (Wildman–Crippen LogP) is 0.600. The summed E-state index contributed by atoms with van der Waals surface area (Å²) in [6.45, 7) is 4.44. The number of carbonyl (C=O) groups excluding carboxylic acids is 1. The van der Waals surface area contributed by atoms with Crippen molar-refractivity contribution in [2.24, 2.45) is 7.05 Å². The van der Waals surface area contributed by atoms with Gasteiger partial charge in [-0.25, -0.2) is 9.78 Å². The predicted molar refractivity (Wildman–Crippen MR) is 72.0 cm³/mol. The van der Waals surface area contributed by atoms with Crippen LogP contribution >= 0.6 is 0 Å². The molecule has 1 aromatic heterocycles. The Morgan fingerprint density at radius 3 is 2.70 bits per heavy atom. The van der Waals surface area contributed by atoms with Gasteiger partial charge in [-0.15, -0.1) is 0 Å². The molecule has 112 valence electrons. The molecule has 0 fully saturated rings. The monoisotopic (exact) mass is 283 g/mol. The normalized spacial score (nSPS) is 10.6. The van der Waals surface area contributed by atoms with Crippen LogP contribution in [0.5, 0.6) is 0 Å². The minimum absolute atomic E-state index is 0.000451. The van der Waals surface area contributed by atoms with Crippen LogP contribution in [0.2, 0.25) is 0 Å². The van der Waals surface area contributed by atoms with E-state index >= 15 is 0 Å². The third-order valence-corrected chi connectivity index (χ3v) is 2.72. The Kier molecular flexibility index (Phi) is 5.95. The van der Waals surface area contributed by atoms with E-state index in [1.54, 1.807) is 23.0 Å². The van der Waals surface area contributed by atoms with Crippen molar-refractivity contribution in [2.75, 3.05) is 6.54 Å². The fourth-order valence-corrected chi connectivity index (χ4v) is 1.72. The third kappa shape index (κ3) is 5.25. The van der Waals surface area contributed by atoms with Crippen LogP contribution < -0.4 is 5.32 Å². The second-order valence-electron chi connectivity index (χ2n) is 4.78. The number of carbonyl (C=O) groups is 2. The minimum atomic E-state index is -0.855. The Morgan fingerprint density at radius 1 is 1.50 bits per heavy atom. The molecule has 0 aromatic carbocycles. The molecule has 0 bridgehead atoms. The van der Waals surface area contributed by atoms with Gasteiger partial charge in [0.15, 0.2) is 5.82 Å². The first-order valence-corrected chi connectivity index (χ1v) is 6.51. The van der Waals surface area contributed by atoms with Crippen molar-refractivity contribution in [3.8, 4) is 0 Å². The number of amides is 2. The summed E-state index contributed by atoms with van der Waals surface area (Å²) < 4.78 is 1.56. The number of aliphatic carboxylic acids is 1. The zero-order valence-corrected chi connectivity index (χ0v) is 12.0. The molecule has 0 atom stereocenters. The molecular formula is C12H21N5O3. The Bertz CT molecular complexity index is 458. The summed E-state index contributed by atoms with van der Waals surface area (Å²) in [4.78, 5) is 28.2. The topological polar surface area (TPSA) is 100 Å². The lowest BCUT2D eigenvalue weighted by molar-refractivity contribution is -0.137. The lowest BCUT2D eigenvalue weighted by Crippen LogP contribution is -2.44. The average Bonchev–Trinajstić information content (AvgIpc) is 2.77. The minimum Gasteiger partial charge on any atom is -0.481 e. The van der Waals surface area contributed by atoms with Gasteiger partial charge in [0.1, 0.15) is 6.33 Å². The van der Waals surface area contributed by atoms with Crippen molar-refractivity contribution in [1.82, 2.24) is 25.0 Å². The van der Waals surface area contributed by atoms with E-state index in [1.165, 1.54) is 0 Å². The summed E-state index contributed by atoms with van der Waals surface area (Å²) in [6, 6.07) is -0.238. The van der Waals surface area contributed by atoms with E-state index in [2.05, 4.69) is 15.4 Å². The zero-order chi connectivity index (χ0) is 15.1. The molecule has 0 unspecified atom stereocenters. The number of urea groups is 1. The summed E-state index contributed by atoms with van der Waals surface area (Å²) in [5.74, 6) is -0.318. The molecule has 0 radical (unpaired) electrons. The lowest BCUT2D eigenvalue weighted by atomic mass is 10.2. The molecule has 0 saturated carbocycles. The summed E-state index contributed by atoms with van der Waals surface area (Å²) in [5, 5.41) is 15.4. The second-order valence-corrected chi connectivity index (χ2v) is 4.78. The van der Waals surface area contributed by atoms with Gasteiger partial charge >= 0.3 is 12.0 Å². The highest BCUT2D eigenvalue weighted by Crippen LogP contribution is 2.03. The average molecular weight is 283 g/mol. The van der Waals surface area contributed by atoms with Gasteiger partial charge in [-0.05, 0) is 20.3 Å². The maximum atomic E-state index is 12.0. The molecular weight excluding hydrogens is 262 g/mol. The van der Waals surface area contributed by atoms with Crippen LogP contribution in [0.3, 0.4) is 0 Å². The highest BCUT2D eigenvalue weighted by Gasteiger charge is 2.17. The van der Waals surface area contributed by atoms with Crippen molar-refractivity contribution in [3.63, 3.8) is 0 Å². The molecule has 1 rings (SSSR count). The van der Waals surface area contributed by atoms with E-state index in [0.29, 0.717) is 18.8 Å². The number of hydrogen-bond acceptors (Lipinski definition) is 4. The van der Waals surface area contributed by atoms with Gasteiger partial charge in [-0.1, -0.05) is 0 Å². The maximum Gasteiger partial charge on any atom is 0.318 e. The van der Waals surface area contributed by atoms with E-state index in [0.717, 1.165) is 0 Å². The van der Waals surface area contributed by atoms with Crippen molar-refractivity contribution in [3.05, 3.63) is 12.2 Å². The fraction of sp³-hybridized carbons (Fsp3) is 0.667. The summed E-state index contributed by atoms with van der Waals surface area (Å²) >= 11 is 0. The van der Waals surface area contributed by atoms with Gasteiger partial charge in [0.05, 0.1) is 6.54 Å². The Hall–Kier alpha value is -2.12. The van der Waals surface area contributed by atoms with Gasteiger partial charge in [0, 0.05) is 26.1 Å². The molecule has 8 nitrogen and oxygen atoms in total. The third-order valence-electron chi connectivity index (χ3n) is 2.72. The van der Waals surface area contributed by atoms with E-state index in [1.807, 2.05) is 13.8 Å². The molecule has 1 heterocycles. The highest BCUT2D eigenvalue weighted by molar-refractivity contribution is 5.74. The van der Waals surface area contributed by atoms with Crippen LogP contribution in [-0.2, 0) is 18.4 Å². The fourth-order valence-electron chi connectivity index (χ4n) is 1.72. The number of nitrogens with zero attached hydrogens (tertiary/aromatic N) is 4. The van der Waals surface area contributed by atoms with Crippen molar-refractivity contribution in [2.45, 2.75) is 39.3 Å². The first-order valence-electron chi connectivity index (χ1n) is 6.51. The standard InChI is InChI=1S/C12H21N5O3/c1-9(2)17(6-4-5-11(18)19)12(20)13-7-10-14-8-16(3)15-10/h8-9H,4-7H2,1-3H3,(H,13,20)(H,18,19). The van der Waals surface area contributed by atoms with Gasteiger partial charge in [0.25, 0.3) is 0 Å². The summed E-state index contributed by atoms with van der Waals surface area (Å²) in [5.41, 5.74) is 0. The van der Waals surface area contributed by atoms with Crippen LogP contribution in [-0.4, -0.2) is 49.4 Å². The molecule has 2 amide bonds. The zero-order valence-electron chi connectivity index (χ0n) is 12.0. The van der Waals surface area contributed by atoms with E-state index in [4.69, 9.17) is 5.11 Å². The smallest absolute Gasteiger partial charge is 0.318 e. The number of aromatic nitrogens is 3. The number of carboxylic acids is 1. The van der Waals surface area contributed by atoms with Crippen LogP contribution in [0, 0.1) is 0 Å². The first kappa shape index (κ1) is 15.9. The number of hydrogen-bond donors (Lipinski definition) is 2. The largest absolute Gasteiger partial charge is 0.481 e. The SMILES string of the molecule is CC(C)N(CCCC(=O)O)C(=O)NCc1ncn(C)n1. The van der Waals surface area contributed by atoms with Crippen LogP contribution in [0.15, 0.2) is 6.33 Å². The van der Waals surface area contributed by atoms with E-state index in [-0.39, 0.29) is 25.0 Å². The van der Waals surface area contributed by atoms with Gasteiger partial charge in [-0.3, -0.25) is 9.48 Å². The highest BCUT2D eigenvalue weighted by atomic mass is 16.4. The van der Waals surface area contributed by atoms with Crippen molar-refractivity contribution >= 4 is 12.0 Å². The van der Waals surface area contributed by atoms with Gasteiger partial charge in [0.2, 0.25) is 0 Å². The molecule has 1 aromatic rings. The summed E-state index contributed by atoms with van der Waals surface area (Å²) in [6.07, 6.45) is 2.05. The number of aryl methyl sites for hydroxylation is 1. The molecule has 0 aliphatic heterocycles. The van der Waals surface area contributed by atoms with Gasteiger partial charge < -0.3 is 15.3 Å². The maximum absolute atomic E-state index is 12.0. The Balaban J connectivity index is 2.45. The Labute approximate surface area is 117 Å². The molecule has 8 heteroatoms. The summed E-state index contributed by atoms with van der Waals surface area (Å²) in [7, 11) is 1.75. The van der Waals surface area contributed by atoms with Crippen LogP contribution in [0.4, 0.5) is 4.79 Å².